The van der Waals surface area contributed by atoms with Gasteiger partial charge in [-0.2, -0.15) is 0 Å². The van der Waals surface area contributed by atoms with E-state index in [9.17, 15) is 5.11 Å². The number of rotatable bonds is 11. The molecule has 0 aliphatic rings. The predicted octanol–water partition coefficient (Wildman–Crippen LogP) is 5.80. The van der Waals surface area contributed by atoms with Crippen LogP contribution in [0.4, 0.5) is 0 Å². The Kier molecular flexibility index (Phi) is 9.42. The summed E-state index contributed by atoms with van der Waals surface area (Å²) in [5.74, 6) is 0.310. The monoisotopic (exact) mass is 392 g/mol. The normalized spacial score (nSPS) is 16.0. The summed E-state index contributed by atoms with van der Waals surface area (Å²) < 4.78 is 12.1. The Bertz CT molecular complexity index is 563. The van der Waals surface area contributed by atoms with Crippen LogP contribution in [0.2, 0.25) is 18.1 Å². The third kappa shape index (κ3) is 8.30. The molecule has 154 valence electrons. The molecular formula is C23H40O3Si. The van der Waals surface area contributed by atoms with E-state index in [2.05, 4.69) is 66.4 Å². The molecule has 27 heavy (non-hydrogen) atoms. The van der Waals surface area contributed by atoms with Crippen LogP contribution in [0.5, 0.6) is 0 Å². The maximum atomic E-state index is 10.6. The molecule has 0 bridgehead atoms. The fraction of sp³-hybridized carbons (Fsp3) is 0.652. The Labute approximate surface area is 167 Å². The largest absolute Gasteiger partial charge is 0.416 e. The molecule has 0 unspecified atom stereocenters. The summed E-state index contributed by atoms with van der Waals surface area (Å²) in [4.78, 5) is 0. The number of aliphatic hydroxyl groups excluding tert-OH is 1. The van der Waals surface area contributed by atoms with Crippen molar-refractivity contribution in [3.8, 4) is 0 Å². The minimum atomic E-state index is -1.78. The Morgan fingerprint density at radius 3 is 2.26 bits per heavy atom. The number of hydrogen-bond donors (Lipinski definition) is 1. The Hall–Kier alpha value is -0.943. The summed E-state index contributed by atoms with van der Waals surface area (Å²) in [5.41, 5.74) is 2.21. The summed E-state index contributed by atoms with van der Waals surface area (Å²) in [6, 6.07) is 10.2. The molecule has 1 rings (SSSR count). The third-order valence-electron chi connectivity index (χ3n) is 5.82. The highest BCUT2D eigenvalue weighted by Crippen LogP contribution is 2.37. The van der Waals surface area contributed by atoms with Gasteiger partial charge in [-0.1, -0.05) is 77.1 Å². The molecule has 0 fully saturated rings. The summed E-state index contributed by atoms with van der Waals surface area (Å²) in [6.07, 6.45) is 0.164. The van der Waals surface area contributed by atoms with Crippen LogP contribution in [-0.4, -0.2) is 32.7 Å². The smallest absolute Gasteiger partial charge is 0.191 e. The van der Waals surface area contributed by atoms with Gasteiger partial charge in [-0.25, -0.2) is 0 Å². The fourth-order valence-corrected chi connectivity index (χ4v) is 3.50. The van der Waals surface area contributed by atoms with Crippen molar-refractivity contribution in [1.29, 1.82) is 0 Å². The van der Waals surface area contributed by atoms with Crippen molar-refractivity contribution in [3.63, 3.8) is 0 Å². The number of benzene rings is 1. The molecule has 0 saturated carbocycles. The average Bonchev–Trinajstić information content (AvgIpc) is 2.59. The highest BCUT2D eigenvalue weighted by atomic mass is 28.4. The van der Waals surface area contributed by atoms with Crippen LogP contribution in [0.1, 0.15) is 46.6 Å². The van der Waals surface area contributed by atoms with Gasteiger partial charge in [-0.05, 0) is 30.1 Å². The van der Waals surface area contributed by atoms with Gasteiger partial charge in [-0.3, -0.25) is 0 Å². The van der Waals surface area contributed by atoms with E-state index in [0.29, 0.717) is 26.2 Å². The molecule has 0 saturated heterocycles. The minimum absolute atomic E-state index is 0.0910. The second-order valence-electron chi connectivity index (χ2n) is 9.38. The first-order chi connectivity index (χ1) is 12.4. The molecule has 1 aromatic rings. The maximum absolute atomic E-state index is 10.6. The van der Waals surface area contributed by atoms with Gasteiger partial charge in [0.1, 0.15) is 0 Å². The van der Waals surface area contributed by atoms with Crippen LogP contribution in [0, 0.1) is 11.8 Å². The van der Waals surface area contributed by atoms with Crippen LogP contribution in [0.3, 0.4) is 0 Å². The van der Waals surface area contributed by atoms with Crippen LogP contribution >= 0.6 is 0 Å². The van der Waals surface area contributed by atoms with Crippen LogP contribution < -0.4 is 0 Å². The lowest BCUT2D eigenvalue weighted by atomic mass is 9.93. The number of aliphatic hydroxyl groups is 1. The minimum Gasteiger partial charge on any atom is -0.416 e. The molecule has 0 aliphatic heterocycles. The summed E-state index contributed by atoms with van der Waals surface area (Å²) >= 11 is 0. The zero-order valence-electron chi connectivity index (χ0n) is 18.4. The van der Waals surface area contributed by atoms with Gasteiger partial charge < -0.3 is 14.3 Å². The zero-order valence-corrected chi connectivity index (χ0v) is 19.4. The topological polar surface area (TPSA) is 38.7 Å². The lowest BCUT2D eigenvalue weighted by molar-refractivity contribution is 0.0714. The first-order valence-corrected chi connectivity index (χ1v) is 13.0. The highest BCUT2D eigenvalue weighted by molar-refractivity contribution is 6.74. The first-order valence-electron chi connectivity index (χ1n) is 10.1. The molecule has 1 N–H and O–H groups in total. The third-order valence-corrected chi connectivity index (χ3v) is 10.3. The van der Waals surface area contributed by atoms with Crippen molar-refractivity contribution in [3.05, 3.63) is 48.0 Å². The second kappa shape index (κ2) is 10.6. The van der Waals surface area contributed by atoms with Gasteiger partial charge in [0.15, 0.2) is 8.32 Å². The number of hydrogen-bond acceptors (Lipinski definition) is 3. The van der Waals surface area contributed by atoms with E-state index in [1.165, 1.54) is 5.56 Å². The van der Waals surface area contributed by atoms with E-state index in [0.717, 1.165) is 5.57 Å². The SMILES string of the molecule is C=C(C[C@@H](O)[C@@H](C)CO[Si](C)(C)C(C)(C)C)[C@@H](C)COCc1ccccc1. The Morgan fingerprint density at radius 2 is 1.70 bits per heavy atom. The van der Waals surface area contributed by atoms with Gasteiger partial charge in [0, 0.05) is 18.4 Å². The van der Waals surface area contributed by atoms with Gasteiger partial charge in [0.2, 0.25) is 0 Å². The summed E-state index contributed by atoms with van der Waals surface area (Å²) in [6.45, 7) is 21.4. The first kappa shape index (κ1) is 24.1. The molecule has 1 aromatic carbocycles. The summed E-state index contributed by atoms with van der Waals surface area (Å²) in [7, 11) is -1.78. The lowest BCUT2D eigenvalue weighted by Crippen LogP contribution is -2.42. The van der Waals surface area contributed by atoms with Gasteiger partial charge >= 0.3 is 0 Å². The lowest BCUT2D eigenvalue weighted by Gasteiger charge is -2.37. The molecule has 3 atom stereocenters. The van der Waals surface area contributed by atoms with Crippen molar-refractivity contribution in [2.75, 3.05) is 13.2 Å². The number of ether oxygens (including phenoxy) is 1. The van der Waals surface area contributed by atoms with E-state index < -0.39 is 14.4 Å². The fourth-order valence-electron chi connectivity index (χ4n) is 2.38. The quantitative estimate of drug-likeness (QED) is 0.382. The van der Waals surface area contributed by atoms with E-state index in [-0.39, 0.29) is 16.9 Å². The van der Waals surface area contributed by atoms with Crippen molar-refractivity contribution < 1.29 is 14.3 Å². The molecule has 0 aliphatic carbocycles. The van der Waals surface area contributed by atoms with Crippen molar-refractivity contribution in [2.24, 2.45) is 11.8 Å². The van der Waals surface area contributed by atoms with Gasteiger partial charge in [0.05, 0.1) is 19.3 Å². The van der Waals surface area contributed by atoms with Crippen LogP contribution in [0.15, 0.2) is 42.5 Å². The zero-order chi connectivity index (χ0) is 20.7. The van der Waals surface area contributed by atoms with Gasteiger partial charge in [0.25, 0.3) is 0 Å². The van der Waals surface area contributed by atoms with E-state index in [1.54, 1.807) is 0 Å². The van der Waals surface area contributed by atoms with E-state index in [4.69, 9.17) is 9.16 Å². The second-order valence-corrected chi connectivity index (χ2v) is 14.2. The predicted molar refractivity (Wildman–Crippen MR) is 117 cm³/mol. The molecule has 0 amide bonds. The molecule has 0 spiro atoms. The molecule has 4 heteroatoms. The average molecular weight is 393 g/mol. The van der Waals surface area contributed by atoms with Crippen LogP contribution in [-0.2, 0) is 15.8 Å². The molecule has 0 heterocycles. The van der Waals surface area contributed by atoms with Crippen LogP contribution in [0.25, 0.3) is 0 Å². The Morgan fingerprint density at radius 1 is 1.11 bits per heavy atom. The molecule has 0 aromatic heterocycles. The standard InChI is InChI=1S/C23H40O3Si/c1-18(19(2)15-25-17-21-12-10-9-11-13-21)14-22(24)20(3)16-26-27(7,8)23(4,5)6/h9-13,19-20,22,24H,1,14-17H2,2-8H3/t19-,20-,22+/m0/s1. The molecule has 3 nitrogen and oxygen atoms in total. The summed E-state index contributed by atoms with van der Waals surface area (Å²) in [5, 5.41) is 10.8. The Balaban J connectivity index is 2.36. The van der Waals surface area contributed by atoms with Crippen molar-refractivity contribution in [1.82, 2.24) is 0 Å². The van der Waals surface area contributed by atoms with Gasteiger partial charge in [-0.15, -0.1) is 0 Å². The molecular weight excluding hydrogens is 352 g/mol. The maximum Gasteiger partial charge on any atom is 0.191 e. The molecule has 0 radical (unpaired) electrons. The van der Waals surface area contributed by atoms with E-state index >= 15 is 0 Å². The van der Waals surface area contributed by atoms with Crippen molar-refractivity contribution >= 4 is 8.32 Å². The van der Waals surface area contributed by atoms with Crippen molar-refractivity contribution in [2.45, 2.75) is 71.9 Å². The van der Waals surface area contributed by atoms with E-state index in [1.807, 2.05) is 18.2 Å². The highest BCUT2D eigenvalue weighted by Gasteiger charge is 2.37.